The lowest BCUT2D eigenvalue weighted by molar-refractivity contribution is -0.140. The van der Waals surface area contributed by atoms with E-state index < -0.39 is 46.2 Å². The molecule has 226 valence electrons. The minimum absolute atomic E-state index is 0.0641. The highest BCUT2D eigenvalue weighted by Crippen LogP contribution is 2.33. The molecule has 2 amide bonds. The number of amides is 2. The molecule has 0 aliphatic heterocycles. The molecule has 1 atom stereocenters. The number of hydrogen-bond acceptors (Lipinski definition) is 4. The van der Waals surface area contributed by atoms with Gasteiger partial charge in [0.1, 0.15) is 12.6 Å². The maximum Gasteiger partial charge on any atom is 0.416 e. The van der Waals surface area contributed by atoms with Crippen LogP contribution in [0.5, 0.6) is 0 Å². The molecule has 0 radical (unpaired) electrons. The SMILES string of the molecule is CC[C@@H](C(=O)NCC(C)C)N(Cc1ccc(Cl)cc1)C(=O)CN(c1cccc(C(F)(F)F)c1)S(=O)(=O)c1ccccc1. The van der Waals surface area contributed by atoms with Crippen molar-refractivity contribution in [2.24, 2.45) is 5.92 Å². The van der Waals surface area contributed by atoms with Crippen LogP contribution in [0.4, 0.5) is 18.9 Å². The third-order valence-electron chi connectivity index (χ3n) is 6.41. The topological polar surface area (TPSA) is 86.8 Å². The van der Waals surface area contributed by atoms with E-state index in [0.29, 0.717) is 27.5 Å². The quantitative estimate of drug-likeness (QED) is 0.263. The monoisotopic (exact) mass is 623 g/mol. The summed E-state index contributed by atoms with van der Waals surface area (Å²) in [5.41, 5.74) is -0.789. The summed E-state index contributed by atoms with van der Waals surface area (Å²) in [4.78, 5) is 28.3. The van der Waals surface area contributed by atoms with Gasteiger partial charge in [-0.15, -0.1) is 0 Å². The molecule has 0 unspecified atom stereocenters. The van der Waals surface area contributed by atoms with E-state index in [2.05, 4.69) is 5.32 Å². The van der Waals surface area contributed by atoms with Crippen LogP contribution in [0.3, 0.4) is 0 Å². The van der Waals surface area contributed by atoms with Crippen LogP contribution in [0.1, 0.15) is 38.3 Å². The molecular weight excluding hydrogens is 591 g/mol. The molecule has 12 heteroatoms. The van der Waals surface area contributed by atoms with Gasteiger partial charge in [0.25, 0.3) is 10.0 Å². The van der Waals surface area contributed by atoms with Crippen LogP contribution >= 0.6 is 11.6 Å². The van der Waals surface area contributed by atoms with Gasteiger partial charge in [0.05, 0.1) is 16.1 Å². The van der Waals surface area contributed by atoms with Crippen LogP contribution in [-0.2, 0) is 32.3 Å². The first-order chi connectivity index (χ1) is 19.7. The fraction of sp³-hybridized carbons (Fsp3) is 0.333. The number of sulfonamides is 1. The zero-order valence-corrected chi connectivity index (χ0v) is 25.0. The molecule has 0 aliphatic rings. The first kappa shape index (κ1) is 32.9. The summed E-state index contributed by atoms with van der Waals surface area (Å²) in [7, 11) is -4.50. The Hall–Kier alpha value is -3.57. The fourth-order valence-corrected chi connectivity index (χ4v) is 5.77. The Morgan fingerprint density at radius 3 is 2.17 bits per heavy atom. The van der Waals surface area contributed by atoms with Crippen LogP contribution in [-0.4, -0.2) is 44.3 Å². The Balaban J connectivity index is 2.09. The number of nitrogens with one attached hydrogen (secondary N) is 1. The molecule has 1 N–H and O–H groups in total. The molecule has 0 bridgehead atoms. The predicted molar refractivity (Wildman–Crippen MR) is 156 cm³/mol. The molecule has 0 aliphatic carbocycles. The van der Waals surface area contributed by atoms with Crippen molar-refractivity contribution in [3.63, 3.8) is 0 Å². The number of carbonyl (C=O) groups is 2. The molecule has 0 saturated carbocycles. The van der Waals surface area contributed by atoms with Crippen molar-refractivity contribution in [3.8, 4) is 0 Å². The minimum Gasteiger partial charge on any atom is -0.354 e. The highest BCUT2D eigenvalue weighted by molar-refractivity contribution is 7.92. The van der Waals surface area contributed by atoms with Crippen LogP contribution in [0, 0.1) is 5.92 Å². The van der Waals surface area contributed by atoms with Crippen molar-refractivity contribution in [2.75, 3.05) is 17.4 Å². The van der Waals surface area contributed by atoms with E-state index in [9.17, 15) is 31.2 Å². The average molecular weight is 624 g/mol. The first-order valence-corrected chi connectivity index (χ1v) is 15.1. The van der Waals surface area contributed by atoms with Gasteiger partial charge in [-0.3, -0.25) is 13.9 Å². The first-order valence-electron chi connectivity index (χ1n) is 13.3. The number of carbonyl (C=O) groups excluding carboxylic acids is 2. The van der Waals surface area contributed by atoms with Gasteiger partial charge in [-0.1, -0.05) is 68.8 Å². The maximum atomic E-state index is 14.0. The van der Waals surface area contributed by atoms with Crippen molar-refractivity contribution in [2.45, 2.75) is 50.9 Å². The van der Waals surface area contributed by atoms with Gasteiger partial charge >= 0.3 is 6.18 Å². The van der Waals surface area contributed by atoms with E-state index in [0.717, 1.165) is 12.1 Å². The van der Waals surface area contributed by atoms with Crippen LogP contribution in [0.2, 0.25) is 5.02 Å². The van der Waals surface area contributed by atoms with E-state index >= 15 is 0 Å². The maximum absolute atomic E-state index is 14.0. The second-order valence-corrected chi connectivity index (χ2v) is 12.4. The molecule has 0 spiro atoms. The van der Waals surface area contributed by atoms with Crippen molar-refractivity contribution in [3.05, 3.63) is 95.0 Å². The Morgan fingerprint density at radius 1 is 0.952 bits per heavy atom. The molecule has 0 heterocycles. The van der Waals surface area contributed by atoms with Gasteiger partial charge in [0.2, 0.25) is 11.8 Å². The van der Waals surface area contributed by atoms with Crippen molar-refractivity contribution >= 4 is 39.1 Å². The number of halogens is 4. The summed E-state index contributed by atoms with van der Waals surface area (Å²) in [5.74, 6) is -1.06. The van der Waals surface area contributed by atoms with Gasteiger partial charge in [0.15, 0.2) is 0 Å². The molecule has 7 nitrogen and oxygen atoms in total. The Morgan fingerprint density at radius 2 is 1.60 bits per heavy atom. The second kappa shape index (κ2) is 14.1. The summed E-state index contributed by atoms with van der Waals surface area (Å²) in [5, 5.41) is 3.28. The van der Waals surface area contributed by atoms with Crippen LogP contribution < -0.4 is 9.62 Å². The molecule has 0 fully saturated rings. The summed E-state index contributed by atoms with van der Waals surface area (Å²) in [6.45, 7) is 4.99. The van der Waals surface area contributed by atoms with E-state index in [4.69, 9.17) is 11.6 Å². The molecule has 42 heavy (non-hydrogen) atoms. The van der Waals surface area contributed by atoms with Crippen molar-refractivity contribution < 1.29 is 31.2 Å². The van der Waals surface area contributed by atoms with Gasteiger partial charge in [-0.05, 0) is 60.4 Å². The smallest absolute Gasteiger partial charge is 0.354 e. The molecule has 3 aromatic carbocycles. The second-order valence-electron chi connectivity index (χ2n) is 10.1. The summed E-state index contributed by atoms with van der Waals surface area (Å²) >= 11 is 6.01. The van der Waals surface area contributed by atoms with Gasteiger partial charge < -0.3 is 10.2 Å². The Bertz CT molecular complexity index is 1470. The lowest BCUT2D eigenvalue weighted by Crippen LogP contribution is -2.52. The summed E-state index contributed by atoms with van der Waals surface area (Å²) < 4.78 is 69.0. The van der Waals surface area contributed by atoms with Crippen molar-refractivity contribution in [1.82, 2.24) is 10.2 Å². The number of nitrogens with zero attached hydrogens (tertiary/aromatic N) is 2. The molecular formula is C30H33ClF3N3O4S. The fourth-order valence-electron chi connectivity index (χ4n) is 4.21. The Labute approximate surface area is 249 Å². The zero-order valence-electron chi connectivity index (χ0n) is 23.4. The van der Waals surface area contributed by atoms with Gasteiger partial charge in [-0.2, -0.15) is 13.2 Å². The summed E-state index contributed by atoms with van der Waals surface area (Å²) in [6.07, 6.45) is -4.54. The highest BCUT2D eigenvalue weighted by Gasteiger charge is 2.36. The number of benzene rings is 3. The third-order valence-corrected chi connectivity index (χ3v) is 8.45. The zero-order chi connectivity index (χ0) is 31.1. The molecule has 0 aromatic heterocycles. The molecule has 3 rings (SSSR count). The number of hydrogen-bond donors (Lipinski definition) is 1. The van der Waals surface area contributed by atoms with E-state index in [1.54, 1.807) is 37.3 Å². The largest absolute Gasteiger partial charge is 0.416 e. The van der Waals surface area contributed by atoms with Gasteiger partial charge in [0, 0.05) is 18.1 Å². The highest BCUT2D eigenvalue weighted by atomic mass is 35.5. The van der Waals surface area contributed by atoms with E-state index in [-0.39, 0.29) is 29.5 Å². The van der Waals surface area contributed by atoms with Crippen molar-refractivity contribution in [1.29, 1.82) is 0 Å². The number of rotatable bonds is 12. The lowest BCUT2D eigenvalue weighted by atomic mass is 10.1. The number of alkyl halides is 3. The third kappa shape index (κ3) is 8.48. The normalized spacial score (nSPS) is 12.6. The standard InChI is InChI=1S/C30H33ClF3N3O4S/c1-4-27(29(39)35-18-21(2)3)36(19-22-13-15-24(31)16-14-22)28(38)20-37(42(40,41)26-11-6-5-7-12-26)25-10-8-9-23(17-25)30(32,33)34/h5-17,21,27H,4,18-20H2,1-3H3,(H,35,39)/t27-/m0/s1. The molecule has 3 aromatic rings. The molecule has 0 saturated heterocycles. The van der Waals surface area contributed by atoms with E-state index in [1.807, 2.05) is 13.8 Å². The average Bonchev–Trinajstić information content (AvgIpc) is 2.95. The predicted octanol–water partition coefficient (Wildman–Crippen LogP) is 6.13. The van der Waals surface area contributed by atoms with Crippen LogP contribution in [0.25, 0.3) is 0 Å². The minimum atomic E-state index is -4.75. The summed E-state index contributed by atoms with van der Waals surface area (Å²) in [6, 6.07) is 16.5. The lowest BCUT2D eigenvalue weighted by Gasteiger charge is -2.33. The van der Waals surface area contributed by atoms with E-state index in [1.165, 1.54) is 35.2 Å². The number of anilines is 1. The van der Waals surface area contributed by atoms with Crippen LogP contribution in [0.15, 0.2) is 83.8 Å². The Kier molecular flexibility index (Phi) is 11.0. The van der Waals surface area contributed by atoms with Gasteiger partial charge in [-0.25, -0.2) is 8.42 Å².